The van der Waals surface area contributed by atoms with Gasteiger partial charge >= 0.3 is 0 Å². The molecule has 0 radical (unpaired) electrons. The minimum Gasteiger partial charge on any atom is -0.371 e. The van der Waals surface area contributed by atoms with Crippen molar-refractivity contribution >= 4 is 16.5 Å². The Morgan fingerprint density at radius 1 is 0.905 bits per heavy atom. The summed E-state index contributed by atoms with van der Waals surface area (Å²) < 4.78 is 0. The molecule has 1 heteroatoms. The van der Waals surface area contributed by atoms with Crippen molar-refractivity contribution in [3.05, 3.63) is 42.0 Å². The molecule has 21 heavy (non-hydrogen) atoms. The first-order valence-electron chi connectivity index (χ1n) is 8.28. The summed E-state index contributed by atoms with van der Waals surface area (Å²) in [6.45, 7) is 15.0. The molecule has 1 aliphatic heterocycles. The Hall–Kier alpha value is -1.50. The molecule has 1 atom stereocenters. The number of hydrogen-bond donors (Lipinski definition) is 0. The molecule has 0 bridgehead atoms. The quantitative estimate of drug-likeness (QED) is 0.573. The lowest BCUT2D eigenvalue weighted by atomic mass is 9.79. The van der Waals surface area contributed by atoms with Crippen LogP contribution < -0.4 is 4.90 Å². The van der Waals surface area contributed by atoms with Crippen LogP contribution in [0, 0.1) is 0 Å². The summed E-state index contributed by atoms with van der Waals surface area (Å²) in [6, 6.07) is 13.8. The molecule has 1 unspecified atom stereocenters. The Bertz CT molecular complexity index is 583. The van der Waals surface area contributed by atoms with E-state index in [-0.39, 0.29) is 5.41 Å². The van der Waals surface area contributed by atoms with E-state index >= 15 is 0 Å². The van der Waals surface area contributed by atoms with Crippen molar-refractivity contribution in [1.29, 1.82) is 0 Å². The molecule has 0 fully saturated rings. The van der Waals surface area contributed by atoms with E-state index in [9.17, 15) is 0 Å². The van der Waals surface area contributed by atoms with E-state index < -0.39 is 0 Å². The van der Waals surface area contributed by atoms with Crippen molar-refractivity contribution in [1.82, 2.24) is 0 Å². The van der Waals surface area contributed by atoms with Crippen LogP contribution in [-0.2, 0) is 5.41 Å². The Labute approximate surface area is 131 Å². The number of anilines is 1. The number of nitrogens with zero attached hydrogens (tertiary/aromatic N) is 1. The Balaban J connectivity index is 0.000000510. The van der Waals surface area contributed by atoms with Gasteiger partial charge in [0.2, 0.25) is 0 Å². The molecule has 0 aliphatic carbocycles. The Morgan fingerprint density at radius 2 is 1.48 bits per heavy atom. The van der Waals surface area contributed by atoms with Crippen molar-refractivity contribution in [2.75, 3.05) is 11.9 Å². The first-order chi connectivity index (χ1) is 10.0. The normalized spacial score (nSPS) is 18.3. The van der Waals surface area contributed by atoms with Gasteiger partial charge in [0.05, 0.1) is 0 Å². The lowest BCUT2D eigenvalue weighted by molar-refractivity contribution is 0.457. The highest BCUT2D eigenvalue weighted by Gasteiger charge is 2.41. The fraction of sp³-hybridized carbons (Fsp3) is 0.500. The van der Waals surface area contributed by atoms with Gasteiger partial charge < -0.3 is 4.90 Å². The van der Waals surface area contributed by atoms with Gasteiger partial charge in [-0.3, -0.25) is 0 Å². The fourth-order valence-electron chi connectivity index (χ4n) is 3.13. The third kappa shape index (κ3) is 2.79. The van der Waals surface area contributed by atoms with Crippen molar-refractivity contribution in [3.8, 4) is 0 Å². The molecule has 1 nitrogen and oxygen atoms in total. The standard InChI is InChI=1S/C16H19N.2C2H6/c1-11-16(2,3)15-13-8-6-5-7-12(13)9-10-14(15)17(11)4;2*1-2/h5-11H,1-4H3;2*1-2H3. The minimum atomic E-state index is 0.213. The number of hydrogen-bond acceptors (Lipinski definition) is 1. The number of likely N-dealkylation sites (N-methyl/N-ethyl adjacent to an activating group) is 1. The SMILES string of the molecule is CC.CC.CC1N(C)c2ccc3ccccc3c2C1(C)C. The summed E-state index contributed by atoms with van der Waals surface area (Å²) in [5.74, 6) is 0. The van der Waals surface area contributed by atoms with E-state index in [0.717, 1.165) is 0 Å². The van der Waals surface area contributed by atoms with Gasteiger partial charge in [-0.05, 0) is 29.3 Å². The van der Waals surface area contributed by atoms with E-state index in [1.807, 2.05) is 27.7 Å². The zero-order valence-corrected chi connectivity index (χ0v) is 15.0. The van der Waals surface area contributed by atoms with E-state index in [0.29, 0.717) is 6.04 Å². The predicted octanol–water partition coefficient (Wildman–Crippen LogP) is 6.01. The van der Waals surface area contributed by atoms with Gasteiger partial charge in [-0.1, -0.05) is 71.9 Å². The average molecular weight is 285 g/mol. The van der Waals surface area contributed by atoms with Crippen molar-refractivity contribution in [2.24, 2.45) is 0 Å². The molecule has 2 aromatic carbocycles. The Morgan fingerprint density at radius 3 is 2.10 bits per heavy atom. The third-order valence-electron chi connectivity index (χ3n) is 4.56. The predicted molar refractivity (Wildman–Crippen MR) is 97.5 cm³/mol. The van der Waals surface area contributed by atoms with Crippen LogP contribution in [0.3, 0.4) is 0 Å². The molecular weight excluding hydrogens is 254 g/mol. The average Bonchev–Trinajstić information content (AvgIpc) is 2.72. The van der Waals surface area contributed by atoms with Crippen LogP contribution in [0.25, 0.3) is 10.8 Å². The smallest absolute Gasteiger partial charge is 0.0411 e. The van der Waals surface area contributed by atoms with Crippen LogP contribution in [0.4, 0.5) is 5.69 Å². The number of benzene rings is 2. The summed E-state index contributed by atoms with van der Waals surface area (Å²) >= 11 is 0. The second-order valence-electron chi connectivity index (χ2n) is 5.69. The van der Waals surface area contributed by atoms with E-state index in [1.54, 1.807) is 0 Å². The van der Waals surface area contributed by atoms with Crippen molar-refractivity contribution in [2.45, 2.75) is 59.9 Å². The monoisotopic (exact) mass is 285 g/mol. The van der Waals surface area contributed by atoms with Crippen LogP contribution in [0.5, 0.6) is 0 Å². The molecular formula is C20H31N. The summed E-state index contributed by atoms with van der Waals surface area (Å²) in [5, 5.41) is 2.76. The maximum absolute atomic E-state index is 2.40. The topological polar surface area (TPSA) is 3.24 Å². The molecule has 0 saturated carbocycles. The highest BCUT2D eigenvalue weighted by Crippen LogP contribution is 2.47. The zero-order chi connectivity index (χ0) is 16.2. The van der Waals surface area contributed by atoms with Gasteiger partial charge in [-0.2, -0.15) is 0 Å². The van der Waals surface area contributed by atoms with Gasteiger partial charge in [0.25, 0.3) is 0 Å². The lowest BCUT2D eigenvalue weighted by Gasteiger charge is -2.28. The molecule has 3 rings (SSSR count). The van der Waals surface area contributed by atoms with E-state index in [2.05, 4.69) is 69.1 Å². The summed E-state index contributed by atoms with van der Waals surface area (Å²) in [4.78, 5) is 2.40. The third-order valence-corrected chi connectivity index (χ3v) is 4.56. The van der Waals surface area contributed by atoms with Crippen LogP contribution in [0.15, 0.2) is 36.4 Å². The molecule has 0 aromatic heterocycles. The minimum absolute atomic E-state index is 0.213. The van der Waals surface area contributed by atoms with Gasteiger partial charge in [-0.25, -0.2) is 0 Å². The number of fused-ring (bicyclic) bond motifs is 3. The van der Waals surface area contributed by atoms with Crippen LogP contribution in [-0.4, -0.2) is 13.1 Å². The maximum Gasteiger partial charge on any atom is 0.0411 e. The molecule has 0 spiro atoms. The largest absolute Gasteiger partial charge is 0.371 e. The molecule has 2 aromatic rings. The van der Waals surface area contributed by atoms with E-state index in [1.165, 1.54) is 22.0 Å². The second kappa shape index (κ2) is 6.98. The summed E-state index contributed by atoms with van der Waals surface area (Å²) in [6.07, 6.45) is 0. The Kier molecular flexibility index (Phi) is 5.83. The van der Waals surface area contributed by atoms with Gasteiger partial charge in [0, 0.05) is 24.2 Å². The molecule has 1 heterocycles. The molecule has 0 saturated heterocycles. The highest BCUT2D eigenvalue weighted by atomic mass is 15.2. The molecule has 0 N–H and O–H groups in total. The molecule has 116 valence electrons. The first-order valence-corrected chi connectivity index (χ1v) is 8.28. The fourth-order valence-corrected chi connectivity index (χ4v) is 3.13. The van der Waals surface area contributed by atoms with Crippen LogP contribution in [0.1, 0.15) is 54.0 Å². The highest BCUT2D eigenvalue weighted by molar-refractivity contribution is 5.93. The van der Waals surface area contributed by atoms with Crippen molar-refractivity contribution in [3.63, 3.8) is 0 Å². The second-order valence-corrected chi connectivity index (χ2v) is 5.69. The van der Waals surface area contributed by atoms with Gasteiger partial charge in [-0.15, -0.1) is 0 Å². The zero-order valence-electron chi connectivity index (χ0n) is 15.0. The summed E-state index contributed by atoms with van der Waals surface area (Å²) in [5.41, 5.74) is 3.11. The number of rotatable bonds is 0. The van der Waals surface area contributed by atoms with Crippen LogP contribution in [0.2, 0.25) is 0 Å². The molecule has 0 amide bonds. The first kappa shape index (κ1) is 17.6. The summed E-state index contributed by atoms with van der Waals surface area (Å²) in [7, 11) is 2.20. The molecule has 1 aliphatic rings. The maximum atomic E-state index is 2.40. The van der Waals surface area contributed by atoms with Gasteiger partial charge in [0.1, 0.15) is 0 Å². The van der Waals surface area contributed by atoms with Crippen LogP contribution >= 0.6 is 0 Å². The lowest BCUT2D eigenvalue weighted by Crippen LogP contribution is -2.36. The van der Waals surface area contributed by atoms with E-state index in [4.69, 9.17) is 0 Å². The van der Waals surface area contributed by atoms with Gasteiger partial charge in [0.15, 0.2) is 0 Å². The van der Waals surface area contributed by atoms with Crippen molar-refractivity contribution < 1.29 is 0 Å².